The van der Waals surface area contributed by atoms with Gasteiger partial charge < -0.3 is 15.2 Å². The summed E-state index contributed by atoms with van der Waals surface area (Å²) in [6.45, 7) is 2.34. The zero-order chi connectivity index (χ0) is 14.1. The fraction of sp³-hybridized carbons (Fsp3) is 0.562. The molecule has 1 aromatic carbocycles. The lowest BCUT2D eigenvalue weighted by Crippen LogP contribution is -2.26. The van der Waals surface area contributed by atoms with Crippen LogP contribution in [0.5, 0.6) is 5.75 Å². The first kappa shape index (κ1) is 13.4. The standard InChI is InChI=1S/C16H21NO3/c1-10-2-4-11(5-3-10)16(19)12-6-7-14-13(8-12)17-15(18)9-20-14/h6-8,10-11,16,19H,2-5,9H2,1H3,(H,17,18). The van der Waals surface area contributed by atoms with Gasteiger partial charge >= 0.3 is 0 Å². The number of ether oxygens (including phenoxy) is 1. The molecule has 4 nitrogen and oxygen atoms in total. The van der Waals surface area contributed by atoms with E-state index in [-0.39, 0.29) is 12.5 Å². The highest BCUT2D eigenvalue weighted by Crippen LogP contribution is 2.39. The quantitative estimate of drug-likeness (QED) is 0.872. The van der Waals surface area contributed by atoms with E-state index in [1.54, 1.807) is 0 Å². The molecule has 20 heavy (non-hydrogen) atoms. The molecule has 1 fully saturated rings. The maximum Gasteiger partial charge on any atom is 0.262 e. The summed E-state index contributed by atoms with van der Waals surface area (Å²) in [5.74, 6) is 1.63. The van der Waals surface area contributed by atoms with Crippen LogP contribution >= 0.6 is 0 Å². The van der Waals surface area contributed by atoms with E-state index in [1.165, 1.54) is 12.8 Å². The van der Waals surface area contributed by atoms with Crippen molar-refractivity contribution in [1.29, 1.82) is 0 Å². The van der Waals surface area contributed by atoms with Crippen molar-refractivity contribution in [2.45, 2.75) is 38.7 Å². The molecule has 0 aromatic heterocycles. The summed E-state index contributed by atoms with van der Waals surface area (Å²) < 4.78 is 5.34. The van der Waals surface area contributed by atoms with Crippen LogP contribution in [-0.2, 0) is 4.79 Å². The Balaban J connectivity index is 1.76. The monoisotopic (exact) mass is 275 g/mol. The molecule has 2 N–H and O–H groups in total. The molecule has 1 atom stereocenters. The molecule has 2 aliphatic rings. The maximum absolute atomic E-state index is 11.3. The van der Waals surface area contributed by atoms with Crippen molar-refractivity contribution in [3.63, 3.8) is 0 Å². The first-order chi connectivity index (χ1) is 9.63. The van der Waals surface area contributed by atoms with E-state index in [0.717, 1.165) is 24.3 Å². The van der Waals surface area contributed by atoms with Gasteiger partial charge in [-0.3, -0.25) is 4.79 Å². The van der Waals surface area contributed by atoms with E-state index in [9.17, 15) is 9.90 Å². The summed E-state index contributed by atoms with van der Waals surface area (Å²) in [7, 11) is 0. The zero-order valence-electron chi connectivity index (χ0n) is 11.8. The predicted octanol–water partition coefficient (Wildman–Crippen LogP) is 2.88. The van der Waals surface area contributed by atoms with Crippen molar-refractivity contribution in [2.24, 2.45) is 11.8 Å². The van der Waals surface area contributed by atoms with Crippen LogP contribution in [0.3, 0.4) is 0 Å². The van der Waals surface area contributed by atoms with E-state index in [2.05, 4.69) is 12.2 Å². The van der Waals surface area contributed by atoms with Gasteiger partial charge in [-0.2, -0.15) is 0 Å². The minimum atomic E-state index is -0.452. The van der Waals surface area contributed by atoms with E-state index in [4.69, 9.17) is 4.74 Å². The number of rotatable bonds is 2. The number of carbonyl (C=O) groups is 1. The summed E-state index contributed by atoms with van der Waals surface area (Å²) in [4.78, 5) is 11.3. The number of anilines is 1. The van der Waals surface area contributed by atoms with Crippen molar-refractivity contribution < 1.29 is 14.6 Å². The normalized spacial score (nSPS) is 27.2. The minimum Gasteiger partial charge on any atom is -0.482 e. The molecule has 0 bridgehead atoms. The van der Waals surface area contributed by atoms with E-state index in [0.29, 0.717) is 17.4 Å². The molecular formula is C16H21NO3. The smallest absolute Gasteiger partial charge is 0.262 e. The Morgan fingerprint density at radius 3 is 2.80 bits per heavy atom. The zero-order valence-corrected chi connectivity index (χ0v) is 11.8. The number of amides is 1. The van der Waals surface area contributed by atoms with Gasteiger partial charge in [0.2, 0.25) is 0 Å². The van der Waals surface area contributed by atoms with Crippen molar-refractivity contribution >= 4 is 11.6 Å². The summed E-state index contributed by atoms with van der Waals surface area (Å²) in [5, 5.41) is 13.3. The van der Waals surface area contributed by atoms with Crippen LogP contribution in [0.15, 0.2) is 18.2 Å². The number of fused-ring (bicyclic) bond motifs is 1. The topological polar surface area (TPSA) is 58.6 Å². The average Bonchev–Trinajstić information content (AvgIpc) is 2.46. The molecule has 0 spiro atoms. The lowest BCUT2D eigenvalue weighted by Gasteiger charge is -2.30. The minimum absolute atomic E-state index is 0.0649. The maximum atomic E-state index is 11.3. The molecule has 1 unspecified atom stereocenters. The third-order valence-electron chi connectivity index (χ3n) is 4.49. The van der Waals surface area contributed by atoms with Gasteiger partial charge in [-0.25, -0.2) is 0 Å². The van der Waals surface area contributed by atoms with Crippen LogP contribution in [0.2, 0.25) is 0 Å². The van der Waals surface area contributed by atoms with Crippen molar-refractivity contribution in [1.82, 2.24) is 0 Å². The van der Waals surface area contributed by atoms with Gasteiger partial charge in [-0.1, -0.05) is 25.8 Å². The van der Waals surface area contributed by atoms with Crippen LogP contribution < -0.4 is 10.1 Å². The van der Waals surface area contributed by atoms with Crippen LogP contribution in [0.1, 0.15) is 44.3 Å². The number of nitrogens with one attached hydrogen (secondary N) is 1. The fourth-order valence-electron chi connectivity index (χ4n) is 3.16. The van der Waals surface area contributed by atoms with Gasteiger partial charge in [0.25, 0.3) is 5.91 Å². The van der Waals surface area contributed by atoms with Gasteiger partial charge in [0.05, 0.1) is 11.8 Å². The van der Waals surface area contributed by atoms with Crippen LogP contribution in [0.4, 0.5) is 5.69 Å². The number of aliphatic hydroxyl groups excluding tert-OH is 1. The first-order valence-corrected chi connectivity index (χ1v) is 7.38. The lowest BCUT2D eigenvalue weighted by atomic mass is 9.78. The van der Waals surface area contributed by atoms with E-state index in [1.807, 2.05) is 18.2 Å². The van der Waals surface area contributed by atoms with Gasteiger partial charge in [0.1, 0.15) is 5.75 Å². The molecule has 0 saturated heterocycles. The van der Waals surface area contributed by atoms with Gasteiger partial charge in [0, 0.05) is 0 Å². The van der Waals surface area contributed by atoms with Gasteiger partial charge in [0.15, 0.2) is 6.61 Å². The molecule has 1 aliphatic heterocycles. The summed E-state index contributed by atoms with van der Waals surface area (Å²) >= 11 is 0. The van der Waals surface area contributed by atoms with Crippen molar-refractivity contribution in [2.75, 3.05) is 11.9 Å². The van der Waals surface area contributed by atoms with Crippen molar-refractivity contribution in [3.05, 3.63) is 23.8 Å². The Morgan fingerprint density at radius 2 is 2.05 bits per heavy atom. The largest absolute Gasteiger partial charge is 0.482 e. The third kappa shape index (κ3) is 2.66. The van der Waals surface area contributed by atoms with Crippen molar-refractivity contribution in [3.8, 4) is 5.75 Å². The summed E-state index contributed by atoms with van der Waals surface area (Å²) in [6, 6.07) is 5.58. The first-order valence-electron chi connectivity index (χ1n) is 7.38. The van der Waals surface area contributed by atoms with E-state index >= 15 is 0 Å². The second kappa shape index (κ2) is 5.44. The highest BCUT2D eigenvalue weighted by atomic mass is 16.5. The molecule has 108 valence electrons. The summed E-state index contributed by atoms with van der Waals surface area (Å²) in [6.07, 6.45) is 4.07. The molecule has 3 rings (SSSR count). The highest BCUT2D eigenvalue weighted by Gasteiger charge is 2.27. The highest BCUT2D eigenvalue weighted by molar-refractivity contribution is 5.95. The molecular weight excluding hydrogens is 254 g/mol. The molecule has 1 heterocycles. The van der Waals surface area contributed by atoms with E-state index < -0.39 is 6.10 Å². The number of carbonyl (C=O) groups excluding carboxylic acids is 1. The summed E-state index contributed by atoms with van der Waals surface area (Å²) in [5.41, 5.74) is 1.54. The third-order valence-corrected chi connectivity index (χ3v) is 4.49. The van der Waals surface area contributed by atoms with Crippen LogP contribution in [0, 0.1) is 11.8 Å². The second-order valence-corrected chi connectivity index (χ2v) is 6.06. The van der Waals surface area contributed by atoms with Gasteiger partial charge in [-0.05, 0) is 42.4 Å². The van der Waals surface area contributed by atoms with Gasteiger partial charge in [-0.15, -0.1) is 0 Å². The molecule has 1 aromatic rings. The molecule has 1 saturated carbocycles. The Bertz CT molecular complexity index is 506. The number of hydrogen-bond acceptors (Lipinski definition) is 3. The van der Waals surface area contributed by atoms with Crippen LogP contribution in [0.25, 0.3) is 0 Å². The molecule has 4 heteroatoms. The molecule has 1 amide bonds. The Hall–Kier alpha value is -1.55. The van der Waals surface area contributed by atoms with Crippen LogP contribution in [-0.4, -0.2) is 17.6 Å². The molecule has 1 aliphatic carbocycles. The SMILES string of the molecule is CC1CCC(C(O)c2ccc3c(c2)NC(=O)CO3)CC1. The number of hydrogen-bond donors (Lipinski definition) is 2. The Morgan fingerprint density at radius 1 is 1.30 bits per heavy atom. The lowest BCUT2D eigenvalue weighted by molar-refractivity contribution is -0.118. The molecule has 0 radical (unpaired) electrons. The average molecular weight is 275 g/mol. The fourth-order valence-corrected chi connectivity index (χ4v) is 3.16. The Kier molecular flexibility index (Phi) is 3.66. The Labute approximate surface area is 119 Å². The number of benzene rings is 1. The second-order valence-electron chi connectivity index (χ2n) is 6.06. The number of aliphatic hydroxyl groups is 1. The predicted molar refractivity (Wildman–Crippen MR) is 76.6 cm³/mol.